The summed E-state index contributed by atoms with van der Waals surface area (Å²) >= 11 is -0.969. The summed E-state index contributed by atoms with van der Waals surface area (Å²) in [6.45, 7) is 0.687. The lowest BCUT2D eigenvalue weighted by atomic mass is 10.2. The molecule has 0 N–H and O–H groups in total. The van der Waals surface area contributed by atoms with E-state index in [1.807, 2.05) is 0 Å². The van der Waals surface area contributed by atoms with Gasteiger partial charge in [-0.2, -0.15) is 0 Å². The highest BCUT2D eigenvalue weighted by molar-refractivity contribution is 7.80. The Bertz CT molecular complexity index is 93.2. The second-order valence-electron chi connectivity index (χ2n) is 2.24. The van der Waals surface area contributed by atoms with Crippen LogP contribution in [0, 0.1) is 0 Å². The van der Waals surface area contributed by atoms with Crippen LogP contribution >= 0.6 is 0 Å². The molecule has 1 aliphatic heterocycles. The summed E-state index contributed by atoms with van der Waals surface area (Å²) in [5, 5.41) is 0. The van der Waals surface area contributed by atoms with Crippen LogP contribution in [-0.4, -0.2) is 16.6 Å². The summed E-state index contributed by atoms with van der Waals surface area (Å²) in [5.41, 5.74) is 0. The van der Waals surface area contributed by atoms with Crippen molar-refractivity contribution < 1.29 is 8.39 Å². The number of rotatable bonds is 0. The molecule has 0 amide bonds. The van der Waals surface area contributed by atoms with Gasteiger partial charge in [0.1, 0.15) is 0 Å². The molecule has 0 aliphatic carbocycles. The van der Waals surface area contributed by atoms with Crippen molar-refractivity contribution >= 4 is 11.1 Å². The highest BCUT2D eigenvalue weighted by Crippen LogP contribution is 2.06. The van der Waals surface area contributed by atoms with Gasteiger partial charge >= 0.3 is 0 Å². The minimum Gasteiger partial charge on any atom is -0.291 e. The quantitative estimate of drug-likeness (QED) is 0.516. The van der Waals surface area contributed by atoms with Crippen molar-refractivity contribution in [3.63, 3.8) is 0 Å². The second kappa shape index (κ2) is 4.01. The van der Waals surface area contributed by atoms with Crippen LogP contribution in [0.4, 0.5) is 0 Å². The minimum atomic E-state index is -0.969. The van der Waals surface area contributed by atoms with Gasteiger partial charge in [0.15, 0.2) is 11.1 Å². The molecule has 2 nitrogen and oxygen atoms in total. The van der Waals surface area contributed by atoms with Gasteiger partial charge in [0, 0.05) is 5.75 Å². The zero-order chi connectivity index (χ0) is 6.53. The molecule has 1 aliphatic rings. The lowest BCUT2D eigenvalue weighted by Crippen LogP contribution is -2.06. The normalized spacial score (nSPS) is 30.9. The third kappa shape index (κ3) is 2.96. The van der Waals surface area contributed by atoms with Gasteiger partial charge in [0.05, 0.1) is 6.61 Å². The maximum absolute atomic E-state index is 10.7. The Morgan fingerprint density at radius 3 is 2.78 bits per heavy atom. The van der Waals surface area contributed by atoms with Crippen molar-refractivity contribution in [2.45, 2.75) is 25.7 Å². The monoisotopic (exact) mass is 148 g/mol. The summed E-state index contributed by atoms with van der Waals surface area (Å²) in [6.07, 6.45) is 4.59. The first-order valence-electron chi connectivity index (χ1n) is 3.41. The Hall–Kier alpha value is 0.110. The molecule has 1 fully saturated rings. The summed E-state index contributed by atoms with van der Waals surface area (Å²) in [6, 6.07) is 0. The predicted octanol–water partition coefficient (Wildman–Crippen LogP) is 1.24. The average Bonchev–Trinajstić information content (AvgIpc) is 1.79. The van der Waals surface area contributed by atoms with Crippen molar-refractivity contribution in [3.8, 4) is 0 Å². The van der Waals surface area contributed by atoms with Gasteiger partial charge in [-0.05, 0) is 12.8 Å². The highest BCUT2D eigenvalue weighted by atomic mass is 32.2. The van der Waals surface area contributed by atoms with Crippen molar-refractivity contribution in [2.75, 3.05) is 12.4 Å². The van der Waals surface area contributed by atoms with E-state index in [-0.39, 0.29) is 0 Å². The standard InChI is InChI=1S/C6H12O2S/c7-9-6-4-2-1-3-5-8-9/h1-6H2. The van der Waals surface area contributed by atoms with Gasteiger partial charge in [0.2, 0.25) is 0 Å². The molecule has 9 heavy (non-hydrogen) atoms. The Kier molecular flexibility index (Phi) is 3.22. The molecule has 1 unspecified atom stereocenters. The van der Waals surface area contributed by atoms with Crippen LogP contribution in [0.3, 0.4) is 0 Å². The molecule has 0 bridgehead atoms. The van der Waals surface area contributed by atoms with Gasteiger partial charge in [-0.25, -0.2) is 4.21 Å². The fourth-order valence-corrected chi connectivity index (χ4v) is 1.75. The van der Waals surface area contributed by atoms with Crippen molar-refractivity contribution in [3.05, 3.63) is 0 Å². The first kappa shape index (κ1) is 7.22. The van der Waals surface area contributed by atoms with Crippen molar-refractivity contribution in [1.82, 2.24) is 0 Å². The van der Waals surface area contributed by atoms with Gasteiger partial charge in [-0.15, -0.1) is 0 Å². The number of hydrogen-bond acceptors (Lipinski definition) is 2. The smallest absolute Gasteiger partial charge is 0.155 e. The molecule has 0 aromatic carbocycles. The predicted molar refractivity (Wildman–Crippen MR) is 37.4 cm³/mol. The maximum atomic E-state index is 10.7. The molecule has 1 saturated heterocycles. The molecule has 1 heterocycles. The summed E-state index contributed by atoms with van der Waals surface area (Å²) in [4.78, 5) is 0. The van der Waals surface area contributed by atoms with E-state index in [4.69, 9.17) is 4.18 Å². The van der Waals surface area contributed by atoms with Crippen LogP contribution in [0.1, 0.15) is 25.7 Å². The molecule has 1 rings (SSSR count). The topological polar surface area (TPSA) is 26.3 Å². The molecule has 3 heteroatoms. The molecule has 0 radical (unpaired) electrons. The maximum Gasteiger partial charge on any atom is 0.155 e. The Labute approximate surface area is 58.3 Å². The molecular weight excluding hydrogens is 136 g/mol. The lowest BCUT2D eigenvalue weighted by Gasteiger charge is -2.06. The molecule has 0 spiro atoms. The van der Waals surface area contributed by atoms with Gasteiger partial charge in [-0.3, -0.25) is 4.18 Å². The van der Waals surface area contributed by atoms with E-state index < -0.39 is 11.1 Å². The molecular formula is C6H12O2S. The van der Waals surface area contributed by atoms with E-state index >= 15 is 0 Å². The molecule has 1 atom stereocenters. The molecule has 0 aromatic heterocycles. The van der Waals surface area contributed by atoms with Crippen LogP contribution in [0.25, 0.3) is 0 Å². The van der Waals surface area contributed by atoms with E-state index in [1.165, 1.54) is 12.8 Å². The number of hydrogen-bond donors (Lipinski definition) is 0. The second-order valence-corrected chi connectivity index (χ2v) is 3.50. The van der Waals surface area contributed by atoms with E-state index in [2.05, 4.69) is 0 Å². The fourth-order valence-electron chi connectivity index (χ4n) is 0.886. The van der Waals surface area contributed by atoms with E-state index in [0.717, 1.165) is 18.6 Å². The van der Waals surface area contributed by atoms with Gasteiger partial charge in [-0.1, -0.05) is 12.8 Å². The third-order valence-electron chi connectivity index (χ3n) is 1.42. The summed E-state index contributed by atoms with van der Waals surface area (Å²) in [5.74, 6) is 0.736. The Morgan fingerprint density at radius 2 is 1.89 bits per heavy atom. The van der Waals surface area contributed by atoms with Crippen LogP contribution < -0.4 is 0 Å². The van der Waals surface area contributed by atoms with Gasteiger partial charge < -0.3 is 0 Å². The van der Waals surface area contributed by atoms with Crippen molar-refractivity contribution in [2.24, 2.45) is 0 Å². The van der Waals surface area contributed by atoms with E-state index in [0.29, 0.717) is 6.61 Å². The van der Waals surface area contributed by atoms with Crippen LogP contribution in [0.5, 0.6) is 0 Å². The van der Waals surface area contributed by atoms with Crippen LogP contribution in [0.2, 0.25) is 0 Å². The summed E-state index contributed by atoms with van der Waals surface area (Å²) in [7, 11) is 0. The fraction of sp³-hybridized carbons (Fsp3) is 1.00. The summed E-state index contributed by atoms with van der Waals surface area (Å²) < 4.78 is 15.7. The molecule has 0 aromatic rings. The van der Waals surface area contributed by atoms with Gasteiger partial charge in [0.25, 0.3) is 0 Å². The first-order chi connectivity index (χ1) is 4.39. The van der Waals surface area contributed by atoms with Crippen molar-refractivity contribution in [1.29, 1.82) is 0 Å². The lowest BCUT2D eigenvalue weighted by molar-refractivity contribution is 0.325. The molecule has 54 valence electrons. The minimum absolute atomic E-state index is 0.687. The zero-order valence-electron chi connectivity index (χ0n) is 5.47. The van der Waals surface area contributed by atoms with Crippen LogP contribution in [0.15, 0.2) is 0 Å². The Morgan fingerprint density at radius 1 is 1.11 bits per heavy atom. The zero-order valence-corrected chi connectivity index (χ0v) is 6.28. The highest BCUT2D eigenvalue weighted by Gasteiger charge is 2.03. The largest absolute Gasteiger partial charge is 0.291 e. The average molecular weight is 148 g/mol. The van der Waals surface area contributed by atoms with E-state index in [1.54, 1.807) is 0 Å². The van der Waals surface area contributed by atoms with E-state index in [9.17, 15) is 4.21 Å². The first-order valence-corrected chi connectivity index (χ1v) is 4.65. The van der Waals surface area contributed by atoms with Crippen LogP contribution in [-0.2, 0) is 15.3 Å². The Balaban J connectivity index is 2.20. The third-order valence-corrected chi connectivity index (χ3v) is 2.47. The molecule has 0 saturated carbocycles. The SMILES string of the molecule is O=S1CCCCCCO1.